The van der Waals surface area contributed by atoms with Crippen LogP contribution in [-0.4, -0.2) is 48.7 Å². The van der Waals surface area contributed by atoms with E-state index >= 15 is 0 Å². The van der Waals surface area contributed by atoms with E-state index < -0.39 is 0 Å². The number of H-pyrrole nitrogens is 1. The topological polar surface area (TPSA) is 70.7 Å². The molecule has 7 nitrogen and oxygen atoms in total. The third-order valence-electron chi connectivity index (χ3n) is 5.39. The predicted octanol–water partition coefficient (Wildman–Crippen LogP) is 1.95. The maximum atomic E-state index is 12.6. The molecule has 0 bridgehead atoms. The van der Waals surface area contributed by atoms with Crippen molar-refractivity contribution in [1.82, 2.24) is 14.9 Å². The highest BCUT2D eigenvalue weighted by Crippen LogP contribution is 2.28. The minimum absolute atomic E-state index is 0.00101. The van der Waals surface area contributed by atoms with Gasteiger partial charge in [0.25, 0.3) is 5.56 Å². The summed E-state index contributed by atoms with van der Waals surface area (Å²) in [5, 5.41) is 0. The predicted molar refractivity (Wildman–Crippen MR) is 104 cm³/mol. The number of hydrogen-bond donors (Lipinski definition) is 1. The van der Waals surface area contributed by atoms with Gasteiger partial charge < -0.3 is 14.4 Å². The monoisotopic (exact) mass is 370 g/mol. The lowest BCUT2D eigenvalue weighted by molar-refractivity contribution is 0.241. The van der Waals surface area contributed by atoms with Crippen molar-refractivity contribution >= 4 is 5.95 Å². The number of ether oxygens (including phenoxy) is 2. The standard InChI is InChI=1S/C20H26N4O3/c1-26-17-6-5-14(11-18(17)27-2)12-23-10-7-16-15(13-23)19(25)22-20(21-16)24-8-3-4-9-24/h5-6,11H,3-4,7-10,12-13H2,1-2H3,(H,21,22,25). The Morgan fingerprint density at radius 2 is 1.89 bits per heavy atom. The van der Waals surface area contributed by atoms with Crippen molar-refractivity contribution in [2.45, 2.75) is 32.4 Å². The van der Waals surface area contributed by atoms with E-state index in [2.05, 4.69) is 14.8 Å². The summed E-state index contributed by atoms with van der Waals surface area (Å²) < 4.78 is 10.7. The van der Waals surface area contributed by atoms with Gasteiger partial charge in [-0.3, -0.25) is 14.7 Å². The van der Waals surface area contributed by atoms with E-state index in [-0.39, 0.29) is 5.56 Å². The average Bonchev–Trinajstić information content (AvgIpc) is 3.23. The fraction of sp³-hybridized carbons (Fsp3) is 0.500. The summed E-state index contributed by atoms with van der Waals surface area (Å²) in [6.07, 6.45) is 3.13. The molecule has 0 atom stereocenters. The summed E-state index contributed by atoms with van der Waals surface area (Å²) in [6.45, 7) is 4.22. The van der Waals surface area contributed by atoms with Gasteiger partial charge in [0.2, 0.25) is 5.95 Å². The highest BCUT2D eigenvalue weighted by Gasteiger charge is 2.23. The molecular formula is C20H26N4O3. The molecule has 0 spiro atoms. The van der Waals surface area contributed by atoms with Crippen LogP contribution >= 0.6 is 0 Å². The Kier molecular flexibility index (Phi) is 5.03. The van der Waals surface area contributed by atoms with E-state index in [4.69, 9.17) is 14.5 Å². The van der Waals surface area contributed by atoms with E-state index in [0.29, 0.717) is 6.54 Å². The SMILES string of the molecule is COc1ccc(CN2CCc3nc(N4CCCC4)[nH]c(=O)c3C2)cc1OC. The van der Waals surface area contributed by atoms with Gasteiger partial charge in [0.15, 0.2) is 11.5 Å². The molecule has 2 aliphatic rings. The molecule has 0 aliphatic carbocycles. The van der Waals surface area contributed by atoms with E-state index in [9.17, 15) is 4.79 Å². The first-order chi connectivity index (χ1) is 13.2. The largest absolute Gasteiger partial charge is 0.493 e. The molecule has 4 rings (SSSR count). The minimum Gasteiger partial charge on any atom is -0.493 e. The van der Waals surface area contributed by atoms with Crippen LogP contribution in [0.4, 0.5) is 5.95 Å². The second kappa shape index (κ2) is 7.60. The Bertz CT molecular complexity index is 874. The van der Waals surface area contributed by atoms with Crippen LogP contribution in [0.1, 0.15) is 29.7 Å². The molecule has 1 aromatic heterocycles. The molecular weight excluding hydrogens is 344 g/mol. The Morgan fingerprint density at radius 3 is 2.63 bits per heavy atom. The number of aromatic nitrogens is 2. The van der Waals surface area contributed by atoms with Crippen molar-refractivity contribution in [3.63, 3.8) is 0 Å². The quantitative estimate of drug-likeness (QED) is 0.867. The number of hydrogen-bond acceptors (Lipinski definition) is 6. The van der Waals surface area contributed by atoms with Crippen LogP contribution in [0.5, 0.6) is 11.5 Å². The summed E-state index contributed by atoms with van der Waals surface area (Å²) in [7, 11) is 3.27. The molecule has 1 fully saturated rings. The molecule has 0 unspecified atom stereocenters. The summed E-state index contributed by atoms with van der Waals surface area (Å²) in [4.78, 5) is 24.8. The number of rotatable bonds is 5. The Morgan fingerprint density at radius 1 is 1.11 bits per heavy atom. The van der Waals surface area contributed by atoms with Crippen LogP contribution in [0.2, 0.25) is 0 Å². The summed E-state index contributed by atoms with van der Waals surface area (Å²) in [6, 6.07) is 5.95. The fourth-order valence-corrected chi connectivity index (χ4v) is 3.92. The zero-order valence-corrected chi connectivity index (χ0v) is 16.0. The number of nitrogens with zero attached hydrogens (tertiary/aromatic N) is 3. The van der Waals surface area contributed by atoms with Crippen molar-refractivity contribution in [2.75, 3.05) is 38.8 Å². The van der Waals surface area contributed by atoms with Gasteiger partial charge in [-0.05, 0) is 30.5 Å². The van der Waals surface area contributed by atoms with Crippen LogP contribution in [0.3, 0.4) is 0 Å². The van der Waals surface area contributed by atoms with E-state index in [1.54, 1.807) is 14.2 Å². The molecule has 1 saturated heterocycles. The van der Waals surface area contributed by atoms with Gasteiger partial charge in [-0.25, -0.2) is 4.98 Å². The molecule has 1 aromatic carbocycles. The lowest BCUT2D eigenvalue weighted by atomic mass is 10.1. The second-order valence-corrected chi connectivity index (χ2v) is 7.16. The number of anilines is 1. The van der Waals surface area contributed by atoms with Gasteiger partial charge in [0.05, 0.1) is 25.5 Å². The molecule has 0 radical (unpaired) electrons. The first-order valence-corrected chi connectivity index (χ1v) is 9.48. The minimum atomic E-state index is -0.00101. The first-order valence-electron chi connectivity index (χ1n) is 9.48. The van der Waals surface area contributed by atoms with Crippen molar-refractivity contribution in [3.05, 3.63) is 45.4 Å². The molecule has 1 N–H and O–H groups in total. The van der Waals surface area contributed by atoms with Gasteiger partial charge >= 0.3 is 0 Å². The normalized spacial score (nSPS) is 17.0. The third kappa shape index (κ3) is 3.64. The maximum absolute atomic E-state index is 12.6. The summed E-state index contributed by atoms with van der Waals surface area (Å²) >= 11 is 0. The third-order valence-corrected chi connectivity index (χ3v) is 5.39. The van der Waals surface area contributed by atoms with E-state index in [1.807, 2.05) is 18.2 Å². The maximum Gasteiger partial charge on any atom is 0.257 e. The zero-order valence-electron chi connectivity index (χ0n) is 16.0. The molecule has 144 valence electrons. The van der Waals surface area contributed by atoms with Gasteiger partial charge in [-0.15, -0.1) is 0 Å². The van der Waals surface area contributed by atoms with Gasteiger partial charge in [-0.1, -0.05) is 6.07 Å². The van der Waals surface area contributed by atoms with Crippen molar-refractivity contribution < 1.29 is 9.47 Å². The van der Waals surface area contributed by atoms with Gasteiger partial charge in [-0.2, -0.15) is 0 Å². The molecule has 7 heteroatoms. The molecule has 2 aliphatic heterocycles. The number of nitrogens with one attached hydrogen (secondary N) is 1. The fourth-order valence-electron chi connectivity index (χ4n) is 3.92. The van der Waals surface area contributed by atoms with E-state index in [1.165, 1.54) is 12.8 Å². The molecule has 0 saturated carbocycles. The van der Waals surface area contributed by atoms with Crippen LogP contribution < -0.4 is 19.9 Å². The lowest BCUT2D eigenvalue weighted by Crippen LogP contribution is -2.36. The first kappa shape index (κ1) is 17.9. The Labute approximate surface area is 158 Å². The van der Waals surface area contributed by atoms with Crippen molar-refractivity contribution in [2.24, 2.45) is 0 Å². The van der Waals surface area contributed by atoms with Crippen LogP contribution in [0.15, 0.2) is 23.0 Å². The smallest absolute Gasteiger partial charge is 0.257 e. The highest BCUT2D eigenvalue weighted by atomic mass is 16.5. The summed E-state index contributed by atoms with van der Waals surface area (Å²) in [5.41, 5.74) is 2.88. The van der Waals surface area contributed by atoms with Crippen molar-refractivity contribution in [1.29, 1.82) is 0 Å². The highest BCUT2D eigenvalue weighted by molar-refractivity contribution is 5.43. The van der Waals surface area contributed by atoms with Crippen LogP contribution in [0, 0.1) is 0 Å². The average molecular weight is 370 g/mol. The number of methoxy groups -OCH3 is 2. The molecule has 3 heterocycles. The Balaban J connectivity index is 1.51. The Hall–Kier alpha value is -2.54. The van der Waals surface area contributed by atoms with Crippen LogP contribution in [0.25, 0.3) is 0 Å². The van der Waals surface area contributed by atoms with Gasteiger partial charge in [0.1, 0.15) is 0 Å². The second-order valence-electron chi connectivity index (χ2n) is 7.16. The van der Waals surface area contributed by atoms with E-state index in [0.717, 1.165) is 66.9 Å². The number of fused-ring (bicyclic) bond motifs is 1. The van der Waals surface area contributed by atoms with Crippen LogP contribution in [-0.2, 0) is 19.5 Å². The molecule has 27 heavy (non-hydrogen) atoms. The van der Waals surface area contributed by atoms with Crippen molar-refractivity contribution in [3.8, 4) is 11.5 Å². The number of benzene rings is 1. The van der Waals surface area contributed by atoms with Gasteiger partial charge in [0, 0.05) is 39.1 Å². The molecule has 0 amide bonds. The lowest BCUT2D eigenvalue weighted by Gasteiger charge is -2.28. The number of aromatic amines is 1. The summed E-state index contributed by atoms with van der Waals surface area (Å²) in [5.74, 6) is 2.19. The molecule has 2 aromatic rings. The zero-order chi connectivity index (χ0) is 18.8.